The van der Waals surface area contributed by atoms with Crippen LogP contribution in [-0.4, -0.2) is 61.2 Å². The average molecular weight is 216 g/mol. The third kappa shape index (κ3) is 13.2. The van der Waals surface area contributed by atoms with Crippen LogP contribution in [0.4, 0.5) is 0 Å². The van der Waals surface area contributed by atoms with Crippen LogP contribution in [0.15, 0.2) is 0 Å². The summed E-state index contributed by atoms with van der Waals surface area (Å²) in [5.74, 6) is -1.41. The Hall–Kier alpha value is 0.550. The van der Waals surface area contributed by atoms with Crippen molar-refractivity contribution < 1.29 is 19.8 Å². The van der Waals surface area contributed by atoms with Crippen molar-refractivity contribution in [3.63, 3.8) is 0 Å². The topological polar surface area (TPSA) is 80.3 Å². The molecule has 0 saturated carbocycles. The summed E-state index contributed by atoms with van der Waals surface area (Å²) in [4.78, 5) is 19.7. The van der Waals surface area contributed by atoms with Gasteiger partial charge in [-0.2, -0.15) is 11.8 Å². The molecule has 0 fully saturated rings. The number of rotatable bonds is 6. The monoisotopic (exact) mass is 216 g/mol. The molecule has 0 amide bonds. The molecule has 64 valence electrons. The van der Waals surface area contributed by atoms with Gasteiger partial charge < -0.3 is 19.8 Å². The quantitative estimate of drug-likeness (QED) is 0.366. The molecule has 12 heavy (non-hydrogen) atoms. The van der Waals surface area contributed by atoms with Crippen LogP contribution >= 0.6 is 11.8 Å². The van der Waals surface area contributed by atoms with E-state index in [1.54, 1.807) is 0 Å². The molecule has 4 nitrogen and oxygen atoms in total. The molecule has 0 aromatic heterocycles. The van der Waals surface area contributed by atoms with Crippen molar-refractivity contribution in [2.45, 2.75) is 12.8 Å². The van der Waals surface area contributed by atoms with E-state index in [1.807, 2.05) is 0 Å². The van der Waals surface area contributed by atoms with Gasteiger partial charge in [-0.15, -0.1) is 0 Å². The number of hydrogen-bond acceptors (Lipinski definition) is 5. The summed E-state index contributed by atoms with van der Waals surface area (Å²) in [5.41, 5.74) is 0. The van der Waals surface area contributed by atoms with Gasteiger partial charge in [-0.25, -0.2) is 0 Å². The Morgan fingerprint density at radius 2 is 1.33 bits per heavy atom. The standard InChI is InChI=1S/C6H10O4S.Ca/c7-5(8)1-3-11-4-2-6(9)10;/h1-4H2,(H,7,8)(H,9,10);/q;+2/p-2. The van der Waals surface area contributed by atoms with Gasteiger partial charge in [0.1, 0.15) is 0 Å². The molecule has 0 heterocycles. The van der Waals surface area contributed by atoms with Gasteiger partial charge in [0.15, 0.2) is 0 Å². The number of carboxylic acids is 2. The van der Waals surface area contributed by atoms with Gasteiger partial charge in [-0.3, -0.25) is 0 Å². The Morgan fingerprint density at radius 3 is 1.58 bits per heavy atom. The molecule has 0 aromatic carbocycles. The summed E-state index contributed by atoms with van der Waals surface area (Å²) in [6.07, 6.45) is -0.0601. The van der Waals surface area contributed by atoms with Gasteiger partial charge in [-0.05, 0) is 24.3 Å². The third-order valence-electron chi connectivity index (χ3n) is 0.901. The van der Waals surface area contributed by atoms with E-state index in [0.717, 1.165) is 0 Å². The molecule has 0 saturated heterocycles. The first-order chi connectivity index (χ1) is 5.13. The second-order valence-corrected chi connectivity index (χ2v) is 3.08. The molecule has 0 rings (SSSR count). The second-order valence-electron chi connectivity index (χ2n) is 1.86. The number of carbonyl (C=O) groups excluding carboxylic acids is 2. The fraction of sp³-hybridized carbons (Fsp3) is 0.667. The maximum absolute atomic E-state index is 9.84. The Labute approximate surface area is 105 Å². The molecule has 0 N–H and O–H groups in total. The van der Waals surface area contributed by atoms with E-state index in [9.17, 15) is 19.8 Å². The Kier molecular flexibility index (Phi) is 12.1. The van der Waals surface area contributed by atoms with E-state index < -0.39 is 11.9 Å². The minimum Gasteiger partial charge on any atom is -0.550 e. The number of thioether (sulfide) groups is 1. The summed E-state index contributed by atoms with van der Waals surface area (Å²) in [6, 6.07) is 0. The molecular formula is C6H8CaO4S. The maximum atomic E-state index is 9.84. The predicted octanol–water partition coefficient (Wildman–Crippen LogP) is -2.38. The molecule has 0 spiro atoms. The molecule has 0 unspecified atom stereocenters. The van der Waals surface area contributed by atoms with E-state index in [1.165, 1.54) is 11.8 Å². The molecular weight excluding hydrogens is 208 g/mol. The normalized spacial score (nSPS) is 8.67. The van der Waals surface area contributed by atoms with Gasteiger partial charge in [0.05, 0.1) is 0 Å². The summed E-state index contributed by atoms with van der Waals surface area (Å²) >= 11 is 1.27. The molecule has 0 aliphatic rings. The predicted molar refractivity (Wildman–Crippen MR) is 42.3 cm³/mol. The van der Waals surface area contributed by atoms with Crippen LogP contribution in [-0.2, 0) is 9.59 Å². The number of hydrogen-bond donors (Lipinski definition) is 0. The summed E-state index contributed by atoms with van der Waals surface area (Å²) in [6.45, 7) is 0. The van der Waals surface area contributed by atoms with Crippen molar-refractivity contribution >= 4 is 61.4 Å². The van der Waals surface area contributed by atoms with E-state index >= 15 is 0 Å². The fourth-order valence-corrected chi connectivity index (χ4v) is 1.24. The molecule has 0 atom stereocenters. The Balaban J connectivity index is 0. The van der Waals surface area contributed by atoms with Crippen molar-refractivity contribution in [1.82, 2.24) is 0 Å². The summed E-state index contributed by atoms with van der Waals surface area (Å²) in [5, 5.41) is 19.7. The van der Waals surface area contributed by atoms with E-state index in [2.05, 4.69) is 0 Å². The summed E-state index contributed by atoms with van der Waals surface area (Å²) in [7, 11) is 0. The van der Waals surface area contributed by atoms with Crippen LogP contribution in [0.2, 0.25) is 0 Å². The van der Waals surface area contributed by atoms with Crippen LogP contribution in [0.5, 0.6) is 0 Å². The molecule has 0 aliphatic heterocycles. The fourth-order valence-electron chi connectivity index (χ4n) is 0.413. The third-order valence-corrected chi connectivity index (χ3v) is 1.89. The van der Waals surface area contributed by atoms with Gasteiger partial charge in [0.2, 0.25) is 0 Å². The number of carbonyl (C=O) groups is 2. The van der Waals surface area contributed by atoms with Gasteiger partial charge in [0, 0.05) is 11.9 Å². The Bertz CT molecular complexity index is 134. The SMILES string of the molecule is O=C([O-])CCSCCC(=O)[O-].[Ca+2]. The second kappa shape index (κ2) is 9.64. The van der Waals surface area contributed by atoms with Crippen molar-refractivity contribution in [2.24, 2.45) is 0 Å². The van der Waals surface area contributed by atoms with Crippen molar-refractivity contribution in [3.8, 4) is 0 Å². The van der Waals surface area contributed by atoms with Crippen LogP contribution in [0, 0.1) is 0 Å². The first kappa shape index (κ1) is 15.0. The van der Waals surface area contributed by atoms with Crippen LogP contribution < -0.4 is 10.2 Å². The van der Waals surface area contributed by atoms with Crippen LogP contribution in [0.25, 0.3) is 0 Å². The first-order valence-corrected chi connectivity index (χ1v) is 4.26. The summed E-state index contributed by atoms with van der Waals surface area (Å²) < 4.78 is 0. The zero-order valence-electron chi connectivity index (χ0n) is 6.58. The van der Waals surface area contributed by atoms with Gasteiger partial charge in [0.25, 0.3) is 0 Å². The van der Waals surface area contributed by atoms with Crippen molar-refractivity contribution in [2.75, 3.05) is 11.5 Å². The maximum Gasteiger partial charge on any atom is 2.00 e. The molecule has 0 bridgehead atoms. The van der Waals surface area contributed by atoms with Crippen LogP contribution in [0.1, 0.15) is 12.8 Å². The smallest absolute Gasteiger partial charge is 0.550 e. The average Bonchev–Trinajstić information content (AvgIpc) is 1.85. The molecule has 0 aromatic rings. The van der Waals surface area contributed by atoms with Crippen molar-refractivity contribution in [1.29, 1.82) is 0 Å². The van der Waals surface area contributed by atoms with Crippen molar-refractivity contribution in [3.05, 3.63) is 0 Å². The first-order valence-electron chi connectivity index (χ1n) is 3.10. The zero-order valence-corrected chi connectivity index (χ0v) is 9.60. The zero-order chi connectivity index (χ0) is 8.69. The largest absolute Gasteiger partial charge is 2.00 e. The molecule has 6 heteroatoms. The van der Waals surface area contributed by atoms with Crippen LogP contribution in [0.3, 0.4) is 0 Å². The number of carboxylic acid groups (broad SMARTS) is 2. The minimum atomic E-state index is -1.11. The molecule has 0 aliphatic carbocycles. The van der Waals surface area contributed by atoms with E-state index in [0.29, 0.717) is 11.5 Å². The number of aliphatic carboxylic acids is 2. The van der Waals surface area contributed by atoms with Gasteiger partial charge >= 0.3 is 37.7 Å². The molecule has 0 radical (unpaired) electrons. The van der Waals surface area contributed by atoms with Gasteiger partial charge in [-0.1, -0.05) is 0 Å². The van der Waals surface area contributed by atoms with E-state index in [4.69, 9.17) is 0 Å². The van der Waals surface area contributed by atoms with E-state index in [-0.39, 0.29) is 50.6 Å². The Morgan fingerprint density at radius 1 is 1.00 bits per heavy atom. The minimum absolute atomic E-state index is 0.